The Bertz CT molecular complexity index is 785. The normalized spacial score (nSPS) is 13.2. The monoisotopic (exact) mass is 347 g/mol. The SMILES string of the molecule is COC(=O)c1c(NC(=O)C[n+]2cccc(O)c2)sc2c1CCCC2. The van der Waals surface area contributed by atoms with E-state index in [-0.39, 0.29) is 18.2 Å². The van der Waals surface area contributed by atoms with Gasteiger partial charge in [-0.1, -0.05) is 0 Å². The molecule has 1 amide bonds. The fourth-order valence-corrected chi connectivity index (χ4v) is 4.20. The predicted octanol–water partition coefficient (Wildman–Crippen LogP) is 2.05. The molecule has 1 aliphatic rings. The van der Waals surface area contributed by atoms with Crippen molar-refractivity contribution in [2.75, 3.05) is 12.4 Å². The van der Waals surface area contributed by atoms with Crippen molar-refractivity contribution in [3.8, 4) is 5.75 Å². The van der Waals surface area contributed by atoms with Crippen molar-refractivity contribution in [1.29, 1.82) is 0 Å². The van der Waals surface area contributed by atoms with E-state index in [1.165, 1.54) is 30.7 Å². The second kappa shape index (κ2) is 7.00. The first kappa shape index (κ1) is 16.4. The van der Waals surface area contributed by atoms with Gasteiger partial charge in [0.25, 0.3) is 5.91 Å². The number of nitrogens with zero attached hydrogens (tertiary/aromatic N) is 1. The average Bonchev–Trinajstić information content (AvgIpc) is 2.91. The largest absolute Gasteiger partial charge is 0.503 e. The van der Waals surface area contributed by atoms with Gasteiger partial charge >= 0.3 is 5.97 Å². The van der Waals surface area contributed by atoms with Crippen LogP contribution in [0.25, 0.3) is 0 Å². The number of amides is 1. The molecule has 1 aliphatic carbocycles. The fourth-order valence-electron chi connectivity index (χ4n) is 2.91. The molecule has 2 aromatic rings. The van der Waals surface area contributed by atoms with E-state index in [0.29, 0.717) is 10.6 Å². The third-order valence-corrected chi connectivity index (χ3v) is 5.19. The summed E-state index contributed by atoms with van der Waals surface area (Å²) in [6.07, 6.45) is 7.08. The molecule has 3 rings (SSSR count). The molecule has 2 heterocycles. The van der Waals surface area contributed by atoms with Gasteiger partial charge in [0.2, 0.25) is 12.7 Å². The van der Waals surface area contributed by atoms with Gasteiger partial charge in [-0.2, -0.15) is 4.57 Å². The van der Waals surface area contributed by atoms with Crippen LogP contribution in [-0.2, 0) is 28.9 Å². The lowest BCUT2D eigenvalue weighted by molar-refractivity contribution is -0.684. The third-order valence-electron chi connectivity index (χ3n) is 3.98. The maximum atomic E-state index is 12.3. The molecule has 0 aliphatic heterocycles. The number of carbonyl (C=O) groups is 2. The van der Waals surface area contributed by atoms with Crippen LogP contribution in [0.2, 0.25) is 0 Å². The maximum Gasteiger partial charge on any atom is 0.341 e. The Morgan fingerprint density at radius 2 is 2.17 bits per heavy atom. The Morgan fingerprint density at radius 3 is 2.92 bits per heavy atom. The molecule has 0 radical (unpaired) electrons. The van der Waals surface area contributed by atoms with Crippen LogP contribution < -0.4 is 9.88 Å². The fraction of sp³-hybridized carbons (Fsp3) is 0.353. The van der Waals surface area contributed by atoms with Gasteiger partial charge in [-0.15, -0.1) is 11.3 Å². The van der Waals surface area contributed by atoms with Crippen molar-refractivity contribution >= 4 is 28.2 Å². The summed E-state index contributed by atoms with van der Waals surface area (Å²) in [7, 11) is 1.35. The number of anilines is 1. The van der Waals surface area contributed by atoms with E-state index in [1.807, 2.05) is 0 Å². The van der Waals surface area contributed by atoms with E-state index < -0.39 is 5.97 Å². The number of fused-ring (bicyclic) bond motifs is 1. The summed E-state index contributed by atoms with van der Waals surface area (Å²) in [5, 5.41) is 12.8. The summed E-state index contributed by atoms with van der Waals surface area (Å²) in [5.74, 6) is -0.573. The number of pyridine rings is 1. The molecule has 0 fully saturated rings. The van der Waals surface area contributed by atoms with E-state index in [0.717, 1.165) is 36.1 Å². The summed E-state index contributed by atoms with van der Waals surface area (Å²) in [5.41, 5.74) is 1.50. The van der Waals surface area contributed by atoms with Crippen molar-refractivity contribution in [2.45, 2.75) is 32.2 Å². The molecule has 0 bridgehead atoms. The minimum atomic E-state index is -0.408. The lowest BCUT2D eigenvalue weighted by Crippen LogP contribution is -2.39. The Labute approximate surface area is 143 Å². The number of aryl methyl sites for hydroxylation is 1. The van der Waals surface area contributed by atoms with Gasteiger partial charge in [0, 0.05) is 10.9 Å². The molecule has 0 saturated carbocycles. The van der Waals surface area contributed by atoms with Crippen LogP contribution in [0.1, 0.15) is 33.6 Å². The number of methoxy groups -OCH3 is 1. The second-order valence-corrected chi connectivity index (χ2v) is 6.79. The molecule has 6 nitrogen and oxygen atoms in total. The number of carbonyl (C=O) groups excluding carboxylic acids is 2. The molecule has 126 valence electrons. The van der Waals surface area contributed by atoms with Gasteiger partial charge in [0.05, 0.1) is 12.7 Å². The quantitative estimate of drug-likeness (QED) is 0.655. The number of hydrogen-bond acceptors (Lipinski definition) is 5. The smallest absolute Gasteiger partial charge is 0.341 e. The molecule has 24 heavy (non-hydrogen) atoms. The minimum absolute atomic E-state index is 0.0532. The number of nitrogens with one attached hydrogen (secondary N) is 1. The van der Waals surface area contributed by atoms with Crippen molar-refractivity contribution in [1.82, 2.24) is 0 Å². The van der Waals surface area contributed by atoms with Crippen LogP contribution >= 0.6 is 11.3 Å². The van der Waals surface area contributed by atoms with Crippen LogP contribution in [0.3, 0.4) is 0 Å². The van der Waals surface area contributed by atoms with E-state index in [9.17, 15) is 14.7 Å². The third kappa shape index (κ3) is 3.41. The van der Waals surface area contributed by atoms with Crippen molar-refractivity contribution in [3.05, 3.63) is 40.5 Å². The zero-order chi connectivity index (χ0) is 17.1. The summed E-state index contributed by atoms with van der Waals surface area (Å²) in [6.45, 7) is 0.0532. The molecular formula is C17H19N2O4S+. The molecule has 7 heteroatoms. The molecule has 2 aromatic heterocycles. The minimum Gasteiger partial charge on any atom is -0.503 e. The highest BCUT2D eigenvalue weighted by Crippen LogP contribution is 2.38. The zero-order valence-corrected chi connectivity index (χ0v) is 14.2. The number of hydrogen-bond donors (Lipinski definition) is 2. The molecule has 0 saturated heterocycles. The van der Waals surface area contributed by atoms with E-state index in [1.54, 1.807) is 16.8 Å². The topological polar surface area (TPSA) is 79.5 Å². The van der Waals surface area contributed by atoms with Crippen LogP contribution in [0, 0.1) is 0 Å². The number of rotatable bonds is 4. The van der Waals surface area contributed by atoms with E-state index >= 15 is 0 Å². The summed E-state index contributed by atoms with van der Waals surface area (Å²) in [6, 6.07) is 3.20. The summed E-state index contributed by atoms with van der Waals surface area (Å²) < 4.78 is 6.47. The molecule has 0 spiro atoms. The maximum absolute atomic E-state index is 12.3. The van der Waals surface area contributed by atoms with Gasteiger partial charge in [-0.25, -0.2) is 4.79 Å². The lowest BCUT2D eigenvalue weighted by atomic mass is 9.95. The molecule has 2 N–H and O–H groups in total. The Balaban J connectivity index is 1.82. The Kier molecular flexibility index (Phi) is 4.80. The molecular weight excluding hydrogens is 328 g/mol. The van der Waals surface area contributed by atoms with Gasteiger partial charge < -0.3 is 15.2 Å². The highest BCUT2D eigenvalue weighted by molar-refractivity contribution is 7.17. The Hall–Kier alpha value is -2.41. The van der Waals surface area contributed by atoms with Crippen LogP contribution in [0.5, 0.6) is 5.75 Å². The van der Waals surface area contributed by atoms with Gasteiger partial charge in [-0.05, 0) is 37.3 Å². The second-order valence-electron chi connectivity index (χ2n) is 5.69. The zero-order valence-electron chi connectivity index (χ0n) is 13.4. The number of thiophene rings is 1. The van der Waals surface area contributed by atoms with Crippen LogP contribution in [-0.4, -0.2) is 24.1 Å². The van der Waals surface area contributed by atoms with E-state index in [4.69, 9.17) is 4.74 Å². The van der Waals surface area contributed by atoms with Gasteiger partial charge in [0.1, 0.15) is 5.00 Å². The number of aromatic hydroxyl groups is 1. The van der Waals surface area contributed by atoms with Gasteiger partial charge in [-0.3, -0.25) is 4.79 Å². The number of aromatic nitrogens is 1. The van der Waals surface area contributed by atoms with Crippen molar-refractivity contribution in [2.24, 2.45) is 0 Å². The standard InChI is InChI=1S/C17H18N2O4S/c1-23-17(22)15-12-6-2-3-7-13(12)24-16(15)18-14(21)10-19-8-4-5-11(20)9-19/h4-5,8-9H,2-3,6-7,10H2,1H3,(H-,18,20,21,22)/p+1. The van der Waals surface area contributed by atoms with Crippen molar-refractivity contribution < 1.29 is 24.0 Å². The first-order chi connectivity index (χ1) is 11.6. The summed E-state index contributed by atoms with van der Waals surface area (Å²) in [4.78, 5) is 25.6. The number of ether oxygens (including phenoxy) is 1. The molecule has 0 aromatic carbocycles. The predicted molar refractivity (Wildman–Crippen MR) is 89.2 cm³/mol. The van der Waals surface area contributed by atoms with Crippen LogP contribution in [0.15, 0.2) is 24.5 Å². The van der Waals surface area contributed by atoms with Crippen molar-refractivity contribution in [3.63, 3.8) is 0 Å². The lowest BCUT2D eigenvalue weighted by Gasteiger charge is -2.11. The Morgan fingerprint density at radius 1 is 1.38 bits per heavy atom. The first-order valence-electron chi connectivity index (χ1n) is 7.79. The highest BCUT2D eigenvalue weighted by Gasteiger charge is 2.27. The van der Waals surface area contributed by atoms with Crippen LogP contribution in [0.4, 0.5) is 5.00 Å². The summed E-state index contributed by atoms with van der Waals surface area (Å²) >= 11 is 1.46. The first-order valence-corrected chi connectivity index (χ1v) is 8.61. The molecule has 0 atom stereocenters. The average molecular weight is 347 g/mol. The highest BCUT2D eigenvalue weighted by atomic mass is 32.1. The van der Waals surface area contributed by atoms with E-state index in [2.05, 4.69) is 5.32 Å². The molecule has 0 unspecified atom stereocenters. The number of esters is 1. The van der Waals surface area contributed by atoms with Gasteiger partial charge in [0.15, 0.2) is 11.9 Å².